The molecule has 160 valence electrons. The number of rotatable bonds is 10. The van der Waals surface area contributed by atoms with Crippen LogP contribution in [0, 0.1) is 12.3 Å². The molecule has 4 heteroatoms. The van der Waals surface area contributed by atoms with Crippen molar-refractivity contribution in [3.63, 3.8) is 0 Å². The van der Waals surface area contributed by atoms with Crippen molar-refractivity contribution in [1.82, 2.24) is 0 Å². The van der Waals surface area contributed by atoms with Crippen molar-refractivity contribution in [2.24, 2.45) is 5.92 Å². The van der Waals surface area contributed by atoms with Gasteiger partial charge in [-0.15, -0.1) is 0 Å². The topological polar surface area (TPSA) is 29.5 Å². The summed E-state index contributed by atoms with van der Waals surface area (Å²) < 4.78 is 5.46. The minimum absolute atomic E-state index is 0. The van der Waals surface area contributed by atoms with Crippen LogP contribution in [-0.2, 0) is 4.74 Å². The Morgan fingerprint density at radius 2 is 1.43 bits per heavy atom. The van der Waals surface area contributed by atoms with Crippen LogP contribution in [0.1, 0.15) is 104 Å². The molecule has 1 rings (SSSR count). The molecule has 2 unspecified atom stereocenters. The third-order valence-corrected chi connectivity index (χ3v) is 4.95. The fourth-order valence-electron chi connectivity index (χ4n) is 2.83. The van der Waals surface area contributed by atoms with Crippen LogP contribution < -0.4 is 17.0 Å². The minimum atomic E-state index is -0.339. The zero-order valence-corrected chi connectivity index (χ0v) is 22.6. The number of halogens is 1. The number of aliphatic hydroxyl groups excluding tert-OH is 1. The van der Waals surface area contributed by atoms with Gasteiger partial charge in [-0.3, -0.25) is 0 Å². The number of aliphatic hydroxyl groups is 1. The van der Waals surface area contributed by atoms with Gasteiger partial charge in [0.15, 0.2) is 0 Å². The fourth-order valence-corrected chi connectivity index (χ4v) is 2.83. The Labute approximate surface area is 202 Å². The van der Waals surface area contributed by atoms with E-state index in [1.54, 1.807) is 7.11 Å². The smallest absolute Gasteiger partial charge is 1.00 e. The van der Waals surface area contributed by atoms with E-state index in [2.05, 4.69) is 58.9 Å². The molecule has 0 aliphatic rings. The quantitative estimate of drug-likeness (QED) is 0.420. The molecule has 0 saturated heterocycles. The molecule has 0 bridgehead atoms. The number of ether oxygens (including phenoxy) is 1. The summed E-state index contributed by atoms with van der Waals surface area (Å²) in [6.07, 6.45) is 7.05. The van der Waals surface area contributed by atoms with E-state index in [1.165, 1.54) is 18.4 Å². The van der Waals surface area contributed by atoms with E-state index in [9.17, 15) is 5.11 Å². The van der Waals surface area contributed by atoms with Crippen molar-refractivity contribution in [1.29, 1.82) is 0 Å². The fraction of sp³-hybridized carbons (Fsp3) is 0.708. The third-order valence-electron chi connectivity index (χ3n) is 4.95. The molecule has 0 saturated carbocycles. The SMILES string of the molecule is COC(C)(C)CCCC(C)CCC(O)c1ccc(C(C)C)cc1.C[CH-]C.[Br-].[Mg+2]. The summed E-state index contributed by atoms with van der Waals surface area (Å²) in [5, 5.41) is 10.4. The van der Waals surface area contributed by atoms with Gasteiger partial charge in [-0.1, -0.05) is 57.9 Å². The van der Waals surface area contributed by atoms with Crippen molar-refractivity contribution < 1.29 is 26.8 Å². The Kier molecular flexibility index (Phi) is 21.4. The molecule has 0 heterocycles. The van der Waals surface area contributed by atoms with Gasteiger partial charge in [-0.2, -0.15) is 13.8 Å². The summed E-state index contributed by atoms with van der Waals surface area (Å²) in [4.78, 5) is 0. The van der Waals surface area contributed by atoms with Gasteiger partial charge in [0, 0.05) is 7.11 Å². The first kappa shape index (κ1) is 33.0. The monoisotopic (exact) mass is 466 g/mol. The molecular weight excluding hydrogens is 424 g/mol. The van der Waals surface area contributed by atoms with E-state index >= 15 is 0 Å². The Morgan fingerprint density at radius 3 is 1.86 bits per heavy atom. The maximum Gasteiger partial charge on any atom is 2.00 e. The number of methoxy groups -OCH3 is 1. The van der Waals surface area contributed by atoms with Crippen LogP contribution in [-0.4, -0.2) is 40.9 Å². The van der Waals surface area contributed by atoms with Crippen LogP contribution in [0.5, 0.6) is 0 Å². The van der Waals surface area contributed by atoms with Crippen LogP contribution in [0.15, 0.2) is 24.3 Å². The molecule has 2 atom stereocenters. The second-order valence-electron chi connectivity index (χ2n) is 8.45. The maximum atomic E-state index is 10.4. The molecule has 0 aliphatic carbocycles. The van der Waals surface area contributed by atoms with E-state index in [-0.39, 0.29) is 51.7 Å². The van der Waals surface area contributed by atoms with Gasteiger partial charge in [0.2, 0.25) is 0 Å². The van der Waals surface area contributed by atoms with Gasteiger partial charge in [0.05, 0.1) is 11.7 Å². The number of hydrogen-bond donors (Lipinski definition) is 1. The van der Waals surface area contributed by atoms with Gasteiger partial charge >= 0.3 is 23.1 Å². The van der Waals surface area contributed by atoms with E-state index < -0.39 is 0 Å². The molecule has 1 N–H and O–H groups in total. The first-order chi connectivity index (χ1) is 12.2. The molecule has 0 aliphatic heterocycles. The van der Waals surface area contributed by atoms with Crippen molar-refractivity contribution in [2.75, 3.05) is 7.11 Å². The summed E-state index contributed by atoms with van der Waals surface area (Å²) in [5.41, 5.74) is 2.36. The summed E-state index contributed by atoms with van der Waals surface area (Å²) in [7, 11) is 1.78. The maximum absolute atomic E-state index is 10.4. The van der Waals surface area contributed by atoms with E-state index in [0.29, 0.717) is 11.8 Å². The van der Waals surface area contributed by atoms with Crippen molar-refractivity contribution in [3.8, 4) is 0 Å². The first-order valence-electron chi connectivity index (χ1n) is 10.2. The van der Waals surface area contributed by atoms with Crippen LogP contribution in [0.4, 0.5) is 0 Å². The molecule has 0 radical (unpaired) electrons. The Hall–Kier alpha value is 0.386. The first-order valence-corrected chi connectivity index (χ1v) is 10.2. The Morgan fingerprint density at radius 1 is 0.964 bits per heavy atom. The zero-order valence-electron chi connectivity index (χ0n) is 19.6. The molecule has 28 heavy (non-hydrogen) atoms. The van der Waals surface area contributed by atoms with Gasteiger partial charge < -0.3 is 33.2 Å². The van der Waals surface area contributed by atoms with Crippen molar-refractivity contribution in [2.45, 2.75) is 98.2 Å². The predicted octanol–water partition coefficient (Wildman–Crippen LogP) is 3.71. The predicted molar refractivity (Wildman–Crippen MR) is 120 cm³/mol. The Bertz CT molecular complexity index is 460. The van der Waals surface area contributed by atoms with Crippen LogP contribution in [0.2, 0.25) is 0 Å². The molecule has 0 aromatic heterocycles. The molecule has 2 nitrogen and oxygen atoms in total. The number of benzene rings is 1. The van der Waals surface area contributed by atoms with Crippen LogP contribution in [0.25, 0.3) is 0 Å². The molecule has 1 aromatic rings. The molecular formula is C24H43BrMgO2. The average molecular weight is 468 g/mol. The van der Waals surface area contributed by atoms with Gasteiger partial charge in [0.1, 0.15) is 0 Å². The van der Waals surface area contributed by atoms with Crippen molar-refractivity contribution >= 4 is 23.1 Å². The Balaban J connectivity index is -0.00000117. The van der Waals surface area contributed by atoms with E-state index in [1.807, 2.05) is 20.3 Å². The largest absolute Gasteiger partial charge is 2.00 e. The zero-order chi connectivity index (χ0) is 20.2. The summed E-state index contributed by atoms with van der Waals surface area (Å²) >= 11 is 0. The van der Waals surface area contributed by atoms with Gasteiger partial charge in [-0.05, 0) is 56.1 Å². The van der Waals surface area contributed by atoms with Gasteiger partial charge in [0.25, 0.3) is 0 Å². The summed E-state index contributed by atoms with van der Waals surface area (Å²) in [6.45, 7) is 15.0. The van der Waals surface area contributed by atoms with Crippen LogP contribution in [0.3, 0.4) is 0 Å². The molecule has 0 amide bonds. The van der Waals surface area contributed by atoms with E-state index in [0.717, 1.165) is 24.8 Å². The molecule has 0 spiro atoms. The standard InChI is InChI=1S/C21H36O2.C3H7.BrH.Mg/c1-16(2)18-10-12-19(13-11-18)20(22)14-9-17(3)8-7-15-21(4,5)23-6;1-3-2;;/h10-13,16-17,20,22H,7-9,14-15H2,1-6H3;3H,1-2H3;1H;/q;-1;;+2/p-1. The second kappa shape index (κ2) is 18.2. The minimum Gasteiger partial charge on any atom is -1.00 e. The normalized spacial score (nSPS) is 12.9. The number of hydrogen-bond acceptors (Lipinski definition) is 2. The molecule has 1 aromatic carbocycles. The van der Waals surface area contributed by atoms with Gasteiger partial charge in [-0.25, -0.2) is 0 Å². The summed E-state index contributed by atoms with van der Waals surface area (Å²) in [5.74, 6) is 1.19. The van der Waals surface area contributed by atoms with Crippen molar-refractivity contribution in [3.05, 3.63) is 41.8 Å². The average Bonchev–Trinajstić information content (AvgIpc) is 2.60. The van der Waals surface area contributed by atoms with E-state index in [4.69, 9.17) is 4.74 Å². The third kappa shape index (κ3) is 15.3. The van der Waals surface area contributed by atoms with Crippen LogP contribution >= 0.6 is 0 Å². The molecule has 0 fully saturated rings. The second-order valence-corrected chi connectivity index (χ2v) is 8.45. The summed E-state index contributed by atoms with van der Waals surface area (Å²) in [6, 6.07) is 8.43.